The summed E-state index contributed by atoms with van der Waals surface area (Å²) >= 11 is 0. The molecule has 0 spiro atoms. The molecule has 1 fully saturated rings. The quantitative estimate of drug-likeness (QED) is 0.359. The minimum Gasteiger partial charge on any atom is -0.376 e. The number of amides is 1. The zero-order chi connectivity index (χ0) is 18.6. The third kappa shape index (κ3) is 7.04. The van der Waals surface area contributed by atoms with Gasteiger partial charge in [0.25, 0.3) is 5.91 Å². The maximum atomic E-state index is 12.0. The Morgan fingerprint density at radius 3 is 2.65 bits per heavy atom. The summed E-state index contributed by atoms with van der Waals surface area (Å²) in [6.07, 6.45) is 4.60. The van der Waals surface area contributed by atoms with Gasteiger partial charge in [-0.2, -0.15) is 0 Å². The van der Waals surface area contributed by atoms with Gasteiger partial charge in [-0.05, 0) is 43.9 Å². The predicted octanol–water partition coefficient (Wildman–Crippen LogP) is 2.45. The Labute approximate surface area is 156 Å². The normalized spacial score (nSPS) is 17.2. The number of ether oxygens (including phenoxy) is 1. The summed E-state index contributed by atoms with van der Waals surface area (Å²) < 4.78 is 5.63. The molecule has 0 aliphatic carbocycles. The monoisotopic (exact) mass is 360 g/mol. The number of guanidine groups is 1. The molecule has 0 bridgehead atoms. The molecule has 1 aromatic rings. The van der Waals surface area contributed by atoms with E-state index >= 15 is 0 Å². The van der Waals surface area contributed by atoms with E-state index in [0.29, 0.717) is 12.1 Å². The lowest BCUT2D eigenvalue weighted by Crippen LogP contribution is -2.41. The van der Waals surface area contributed by atoms with Crippen molar-refractivity contribution in [2.75, 3.05) is 26.2 Å². The number of benzene rings is 1. The Morgan fingerprint density at radius 1 is 1.19 bits per heavy atom. The molecule has 1 atom stereocenters. The highest BCUT2D eigenvalue weighted by atomic mass is 16.5. The highest BCUT2D eigenvalue weighted by molar-refractivity contribution is 5.94. The molecule has 144 valence electrons. The van der Waals surface area contributed by atoms with Crippen molar-refractivity contribution in [2.45, 2.75) is 52.2 Å². The summed E-state index contributed by atoms with van der Waals surface area (Å²) in [5.74, 6) is 0.782. The lowest BCUT2D eigenvalue weighted by Gasteiger charge is -2.14. The van der Waals surface area contributed by atoms with E-state index in [1.54, 1.807) is 0 Å². The van der Waals surface area contributed by atoms with Crippen molar-refractivity contribution in [3.05, 3.63) is 35.4 Å². The molecule has 1 amide bonds. The minimum absolute atomic E-state index is 0.0138. The number of hydrogen-bond acceptors (Lipinski definition) is 3. The second kappa shape index (κ2) is 11.5. The summed E-state index contributed by atoms with van der Waals surface area (Å²) in [5.41, 5.74) is 1.77. The molecule has 6 heteroatoms. The Bertz CT molecular complexity index is 566. The van der Waals surface area contributed by atoms with Crippen molar-refractivity contribution in [2.24, 2.45) is 4.99 Å². The summed E-state index contributed by atoms with van der Waals surface area (Å²) in [4.78, 5) is 16.6. The van der Waals surface area contributed by atoms with Crippen LogP contribution in [-0.2, 0) is 11.3 Å². The molecule has 3 N–H and O–H groups in total. The molecule has 1 aliphatic rings. The maximum absolute atomic E-state index is 12.0. The van der Waals surface area contributed by atoms with Gasteiger partial charge in [-0.25, -0.2) is 4.99 Å². The van der Waals surface area contributed by atoms with Crippen LogP contribution in [0.5, 0.6) is 0 Å². The lowest BCUT2D eigenvalue weighted by molar-refractivity contribution is 0.0953. The predicted molar refractivity (Wildman–Crippen MR) is 105 cm³/mol. The van der Waals surface area contributed by atoms with Crippen LogP contribution in [0, 0.1) is 0 Å². The molecule has 6 nitrogen and oxygen atoms in total. The van der Waals surface area contributed by atoms with Crippen LogP contribution in [0.4, 0.5) is 0 Å². The Balaban J connectivity index is 1.84. The van der Waals surface area contributed by atoms with Crippen molar-refractivity contribution >= 4 is 11.9 Å². The molecular weight excluding hydrogens is 328 g/mol. The highest BCUT2D eigenvalue weighted by Gasteiger charge is 2.15. The van der Waals surface area contributed by atoms with Crippen molar-refractivity contribution in [3.8, 4) is 0 Å². The first-order valence-corrected chi connectivity index (χ1v) is 9.73. The van der Waals surface area contributed by atoms with Gasteiger partial charge in [0.05, 0.1) is 12.6 Å². The molecule has 1 aliphatic heterocycles. The zero-order valence-corrected chi connectivity index (χ0v) is 16.0. The highest BCUT2D eigenvalue weighted by Crippen LogP contribution is 2.10. The average Bonchev–Trinajstić information content (AvgIpc) is 3.18. The van der Waals surface area contributed by atoms with Crippen LogP contribution in [-0.4, -0.2) is 44.2 Å². The van der Waals surface area contributed by atoms with Crippen LogP contribution in [0.15, 0.2) is 29.3 Å². The molecule has 0 radical (unpaired) electrons. The van der Waals surface area contributed by atoms with E-state index in [9.17, 15) is 4.79 Å². The topological polar surface area (TPSA) is 74.8 Å². The molecule has 0 aromatic heterocycles. The Kier molecular flexibility index (Phi) is 8.96. The summed E-state index contributed by atoms with van der Waals surface area (Å²) in [6, 6.07) is 7.64. The first-order valence-electron chi connectivity index (χ1n) is 9.73. The fourth-order valence-electron chi connectivity index (χ4n) is 2.77. The molecule has 1 heterocycles. The van der Waals surface area contributed by atoms with Gasteiger partial charge in [0, 0.05) is 31.8 Å². The fourth-order valence-corrected chi connectivity index (χ4v) is 2.77. The molecule has 1 unspecified atom stereocenters. The van der Waals surface area contributed by atoms with Crippen molar-refractivity contribution < 1.29 is 9.53 Å². The van der Waals surface area contributed by atoms with E-state index in [1.165, 1.54) is 0 Å². The molecule has 1 aromatic carbocycles. The van der Waals surface area contributed by atoms with E-state index in [0.717, 1.165) is 63.4 Å². The fraction of sp³-hybridized carbons (Fsp3) is 0.600. The van der Waals surface area contributed by atoms with E-state index in [2.05, 4.69) is 34.8 Å². The van der Waals surface area contributed by atoms with Gasteiger partial charge in [0.2, 0.25) is 0 Å². The number of unbranched alkanes of at least 4 members (excludes halogenated alkanes) is 1. The molecular formula is C20H32N4O2. The average molecular weight is 361 g/mol. The van der Waals surface area contributed by atoms with Gasteiger partial charge in [0.15, 0.2) is 5.96 Å². The molecule has 0 saturated carbocycles. The van der Waals surface area contributed by atoms with Crippen LogP contribution >= 0.6 is 0 Å². The molecule has 1 saturated heterocycles. The maximum Gasteiger partial charge on any atom is 0.251 e. The van der Waals surface area contributed by atoms with E-state index < -0.39 is 0 Å². The summed E-state index contributed by atoms with van der Waals surface area (Å²) in [5, 5.41) is 9.53. The van der Waals surface area contributed by atoms with E-state index in [-0.39, 0.29) is 12.0 Å². The van der Waals surface area contributed by atoms with Crippen LogP contribution in [0.2, 0.25) is 0 Å². The second-order valence-corrected chi connectivity index (χ2v) is 6.52. The third-order valence-electron chi connectivity index (χ3n) is 4.32. The minimum atomic E-state index is -0.0138. The smallest absolute Gasteiger partial charge is 0.251 e. The Hall–Kier alpha value is -2.08. The van der Waals surface area contributed by atoms with E-state index in [4.69, 9.17) is 4.74 Å². The van der Waals surface area contributed by atoms with Gasteiger partial charge in [-0.3, -0.25) is 4.79 Å². The number of hydrogen-bond donors (Lipinski definition) is 3. The summed E-state index contributed by atoms with van der Waals surface area (Å²) in [7, 11) is 0. The van der Waals surface area contributed by atoms with Gasteiger partial charge in [-0.15, -0.1) is 0 Å². The number of carbonyl (C=O) groups excluding carboxylic acids is 1. The number of carbonyl (C=O) groups is 1. The largest absolute Gasteiger partial charge is 0.376 e. The number of rotatable bonds is 9. The SMILES string of the molecule is CCCCNC(=O)c1ccc(CN=C(NCC)NCC2CCCO2)cc1. The van der Waals surface area contributed by atoms with E-state index in [1.807, 2.05) is 24.3 Å². The van der Waals surface area contributed by atoms with Crippen LogP contribution in [0.3, 0.4) is 0 Å². The van der Waals surface area contributed by atoms with Crippen molar-refractivity contribution in [1.82, 2.24) is 16.0 Å². The zero-order valence-electron chi connectivity index (χ0n) is 16.0. The van der Waals surface area contributed by atoms with Gasteiger partial charge in [-0.1, -0.05) is 25.5 Å². The van der Waals surface area contributed by atoms with Gasteiger partial charge >= 0.3 is 0 Å². The summed E-state index contributed by atoms with van der Waals surface area (Å²) in [6.45, 7) is 7.91. The van der Waals surface area contributed by atoms with Gasteiger partial charge in [0.1, 0.15) is 0 Å². The van der Waals surface area contributed by atoms with Gasteiger partial charge < -0.3 is 20.7 Å². The Morgan fingerprint density at radius 2 is 2.00 bits per heavy atom. The second-order valence-electron chi connectivity index (χ2n) is 6.52. The standard InChI is InChI=1S/C20H32N4O2/c1-3-5-12-22-19(25)17-10-8-16(9-11-17)14-23-20(21-4-2)24-15-18-7-6-13-26-18/h8-11,18H,3-7,12-15H2,1-2H3,(H,22,25)(H2,21,23,24). The first-order chi connectivity index (χ1) is 12.7. The molecule has 2 rings (SSSR count). The van der Waals surface area contributed by atoms with Crippen LogP contribution in [0.1, 0.15) is 55.5 Å². The number of nitrogens with one attached hydrogen (secondary N) is 3. The number of aliphatic imine (C=N–C) groups is 1. The molecule has 26 heavy (non-hydrogen) atoms. The van der Waals surface area contributed by atoms with Crippen LogP contribution < -0.4 is 16.0 Å². The van der Waals surface area contributed by atoms with Crippen molar-refractivity contribution in [1.29, 1.82) is 0 Å². The first kappa shape index (κ1) is 20.2. The van der Waals surface area contributed by atoms with Crippen LogP contribution in [0.25, 0.3) is 0 Å². The third-order valence-corrected chi connectivity index (χ3v) is 4.32. The van der Waals surface area contributed by atoms with Crippen molar-refractivity contribution in [3.63, 3.8) is 0 Å². The number of nitrogens with zero attached hydrogens (tertiary/aromatic N) is 1. The lowest BCUT2D eigenvalue weighted by atomic mass is 10.1.